The molecule has 0 spiro atoms. The van der Waals surface area contributed by atoms with Gasteiger partial charge in [0.25, 0.3) is 0 Å². The Labute approximate surface area is 112 Å². The van der Waals surface area contributed by atoms with E-state index in [4.69, 9.17) is 5.73 Å². The molecule has 1 unspecified atom stereocenters. The summed E-state index contributed by atoms with van der Waals surface area (Å²) >= 11 is 0. The van der Waals surface area contributed by atoms with Gasteiger partial charge < -0.3 is 5.73 Å². The van der Waals surface area contributed by atoms with Crippen LogP contribution in [0.25, 0.3) is 0 Å². The molecule has 18 heavy (non-hydrogen) atoms. The van der Waals surface area contributed by atoms with Gasteiger partial charge in [-0.2, -0.15) is 0 Å². The van der Waals surface area contributed by atoms with E-state index in [0.29, 0.717) is 12.5 Å². The molecule has 0 fully saturated rings. The first kappa shape index (κ1) is 15.2. The summed E-state index contributed by atoms with van der Waals surface area (Å²) in [6.45, 7) is 13.0. The summed E-state index contributed by atoms with van der Waals surface area (Å²) < 4.78 is 0. The third-order valence-corrected chi connectivity index (χ3v) is 3.38. The van der Waals surface area contributed by atoms with Gasteiger partial charge in [0.05, 0.1) is 0 Å². The molecule has 0 heterocycles. The molecular weight excluding hydrogens is 220 g/mol. The van der Waals surface area contributed by atoms with Crippen LogP contribution >= 0.6 is 0 Å². The van der Waals surface area contributed by atoms with Gasteiger partial charge in [-0.15, -0.1) is 0 Å². The van der Waals surface area contributed by atoms with E-state index >= 15 is 0 Å². The SMILES string of the molecule is CCN(Cc1ccc(C(C)CN)cc1)CC(C)C. The Hall–Kier alpha value is -0.860. The van der Waals surface area contributed by atoms with Crippen molar-refractivity contribution in [1.29, 1.82) is 0 Å². The smallest absolute Gasteiger partial charge is 0.0233 e. The van der Waals surface area contributed by atoms with Crippen molar-refractivity contribution < 1.29 is 0 Å². The van der Waals surface area contributed by atoms with Crippen LogP contribution in [0.2, 0.25) is 0 Å². The summed E-state index contributed by atoms with van der Waals surface area (Å²) in [4.78, 5) is 2.49. The Morgan fingerprint density at radius 1 is 1.11 bits per heavy atom. The third-order valence-electron chi connectivity index (χ3n) is 3.38. The van der Waals surface area contributed by atoms with E-state index in [0.717, 1.165) is 25.6 Å². The van der Waals surface area contributed by atoms with Crippen molar-refractivity contribution in [3.63, 3.8) is 0 Å². The van der Waals surface area contributed by atoms with Gasteiger partial charge >= 0.3 is 0 Å². The maximum atomic E-state index is 5.69. The van der Waals surface area contributed by atoms with Crippen molar-refractivity contribution in [2.45, 2.75) is 40.2 Å². The molecular formula is C16H28N2. The molecule has 1 aromatic rings. The van der Waals surface area contributed by atoms with Crippen LogP contribution in [0.5, 0.6) is 0 Å². The number of hydrogen-bond donors (Lipinski definition) is 1. The minimum absolute atomic E-state index is 0.456. The van der Waals surface area contributed by atoms with Crippen LogP contribution in [0.4, 0.5) is 0 Å². The first-order chi connectivity index (χ1) is 8.56. The van der Waals surface area contributed by atoms with Crippen molar-refractivity contribution in [2.75, 3.05) is 19.6 Å². The lowest BCUT2D eigenvalue weighted by Crippen LogP contribution is -2.27. The van der Waals surface area contributed by atoms with Gasteiger partial charge in [-0.1, -0.05) is 52.0 Å². The molecule has 0 radical (unpaired) electrons. The Balaban J connectivity index is 2.61. The van der Waals surface area contributed by atoms with Crippen LogP contribution in [0.15, 0.2) is 24.3 Å². The second kappa shape index (κ2) is 7.55. The number of hydrogen-bond acceptors (Lipinski definition) is 2. The maximum Gasteiger partial charge on any atom is 0.0233 e. The van der Waals surface area contributed by atoms with Crippen LogP contribution in [0, 0.1) is 5.92 Å². The minimum Gasteiger partial charge on any atom is -0.330 e. The zero-order chi connectivity index (χ0) is 13.5. The highest BCUT2D eigenvalue weighted by Gasteiger charge is 2.07. The number of nitrogens with zero attached hydrogens (tertiary/aromatic N) is 1. The van der Waals surface area contributed by atoms with Crippen LogP contribution in [0.3, 0.4) is 0 Å². The largest absolute Gasteiger partial charge is 0.330 e. The van der Waals surface area contributed by atoms with Crippen LogP contribution in [-0.4, -0.2) is 24.5 Å². The summed E-state index contributed by atoms with van der Waals surface area (Å²) in [6, 6.07) is 8.92. The van der Waals surface area contributed by atoms with E-state index in [2.05, 4.69) is 56.9 Å². The van der Waals surface area contributed by atoms with Gasteiger partial charge in [-0.05, 0) is 36.1 Å². The average Bonchev–Trinajstić information content (AvgIpc) is 2.37. The molecule has 2 heteroatoms. The van der Waals surface area contributed by atoms with Crippen LogP contribution in [0.1, 0.15) is 44.7 Å². The predicted octanol–water partition coefficient (Wildman–Crippen LogP) is 3.23. The standard InChI is InChI=1S/C16H28N2/c1-5-18(11-13(2)3)12-15-6-8-16(9-7-15)14(4)10-17/h6-9,13-14H,5,10-12,17H2,1-4H3. The van der Waals surface area contributed by atoms with Crippen LogP contribution < -0.4 is 5.73 Å². The van der Waals surface area contributed by atoms with E-state index < -0.39 is 0 Å². The topological polar surface area (TPSA) is 29.3 Å². The first-order valence-corrected chi connectivity index (χ1v) is 7.08. The van der Waals surface area contributed by atoms with Gasteiger partial charge in [0.15, 0.2) is 0 Å². The zero-order valence-corrected chi connectivity index (χ0v) is 12.3. The fourth-order valence-electron chi connectivity index (χ4n) is 2.17. The quantitative estimate of drug-likeness (QED) is 0.802. The highest BCUT2D eigenvalue weighted by Crippen LogP contribution is 2.15. The predicted molar refractivity (Wildman–Crippen MR) is 79.7 cm³/mol. The summed E-state index contributed by atoms with van der Waals surface area (Å²) in [7, 11) is 0. The summed E-state index contributed by atoms with van der Waals surface area (Å²) in [6.07, 6.45) is 0. The molecule has 0 amide bonds. The highest BCUT2D eigenvalue weighted by atomic mass is 15.1. The second-order valence-electron chi connectivity index (χ2n) is 5.60. The van der Waals surface area contributed by atoms with Crippen molar-refractivity contribution >= 4 is 0 Å². The molecule has 0 saturated carbocycles. The molecule has 0 aliphatic carbocycles. The lowest BCUT2D eigenvalue weighted by Gasteiger charge is -2.22. The molecule has 0 saturated heterocycles. The number of benzene rings is 1. The Kier molecular flexibility index (Phi) is 6.37. The van der Waals surface area contributed by atoms with E-state index in [-0.39, 0.29) is 0 Å². The lowest BCUT2D eigenvalue weighted by atomic mass is 10.00. The molecule has 1 atom stereocenters. The van der Waals surface area contributed by atoms with Gasteiger partial charge in [0.1, 0.15) is 0 Å². The fourth-order valence-corrected chi connectivity index (χ4v) is 2.17. The molecule has 1 aromatic carbocycles. The molecule has 0 aliphatic rings. The first-order valence-electron chi connectivity index (χ1n) is 7.08. The van der Waals surface area contributed by atoms with E-state index in [9.17, 15) is 0 Å². The molecule has 0 aromatic heterocycles. The van der Waals surface area contributed by atoms with Crippen molar-refractivity contribution in [2.24, 2.45) is 11.7 Å². The van der Waals surface area contributed by atoms with Gasteiger partial charge in [0.2, 0.25) is 0 Å². The normalized spacial score (nSPS) is 13.3. The molecule has 1 rings (SSSR count). The summed E-state index contributed by atoms with van der Waals surface area (Å²) in [5.41, 5.74) is 8.43. The molecule has 102 valence electrons. The van der Waals surface area contributed by atoms with Gasteiger partial charge in [-0.25, -0.2) is 0 Å². The van der Waals surface area contributed by atoms with E-state index in [1.807, 2.05) is 0 Å². The molecule has 2 N–H and O–H groups in total. The van der Waals surface area contributed by atoms with E-state index in [1.165, 1.54) is 11.1 Å². The highest BCUT2D eigenvalue weighted by molar-refractivity contribution is 5.25. The number of rotatable bonds is 7. The Morgan fingerprint density at radius 3 is 2.17 bits per heavy atom. The number of nitrogens with two attached hydrogens (primary N) is 1. The summed E-state index contributed by atoms with van der Waals surface area (Å²) in [5.74, 6) is 1.18. The second-order valence-corrected chi connectivity index (χ2v) is 5.60. The molecule has 0 aliphatic heterocycles. The third kappa shape index (κ3) is 4.79. The average molecular weight is 248 g/mol. The van der Waals surface area contributed by atoms with Gasteiger partial charge in [-0.3, -0.25) is 4.90 Å². The van der Waals surface area contributed by atoms with Crippen molar-refractivity contribution in [3.05, 3.63) is 35.4 Å². The minimum atomic E-state index is 0.456. The van der Waals surface area contributed by atoms with Crippen LogP contribution in [-0.2, 0) is 6.54 Å². The Bertz CT molecular complexity index is 329. The molecule has 0 bridgehead atoms. The zero-order valence-electron chi connectivity index (χ0n) is 12.3. The summed E-state index contributed by atoms with van der Waals surface area (Å²) in [5, 5.41) is 0. The Morgan fingerprint density at radius 2 is 1.72 bits per heavy atom. The van der Waals surface area contributed by atoms with Crippen molar-refractivity contribution in [3.8, 4) is 0 Å². The fraction of sp³-hybridized carbons (Fsp3) is 0.625. The van der Waals surface area contributed by atoms with Gasteiger partial charge in [0, 0.05) is 13.1 Å². The maximum absolute atomic E-state index is 5.69. The lowest BCUT2D eigenvalue weighted by molar-refractivity contribution is 0.248. The monoisotopic (exact) mass is 248 g/mol. The molecule has 2 nitrogen and oxygen atoms in total. The van der Waals surface area contributed by atoms with Crippen molar-refractivity contribution in [1.82, 2.24) is 4.90 Å². The van der Waals surface area contributed by atoms with E-state index in [1.54, 1.807) is 0 Å².